The molecule has 2 heterocycles. The molecular weight excluding hydrogens is 184 g/mol. The Hall–Kier alpha value is -1.18. The average molecular weight is 200 g/mol. The molecular formula is C13H16N2. The van der Waals surface area contributed by atoms with Crippen molar-refractivity contribution in [1.82, 2.24) is 0 Å². The fraction of sp³-hybridized carbons (Fsp3) is 0.538. The molecule has 0 radical (unpaired) electrons. The summed E-state index contributed by atoms with van der Waals surface area (Å²) in [7, 11) is 0. The summed E-state index contributed by atoms with van der Waals surface area (Å²) in [6.07, 6.45) is 12.5. The van der Waals surface area contributed by atoms with Crippen LogP contribution in [-0.2, 0) is 0 Å². The minimum absolute atomic E-state index is 0.302. The van der Waals surface area contributed by atoms with Crippen LogP contribution in [0.4, 0.5) is 0 Å². The lowest BCUT2D eigenvalue weighted by molar-refractivity contribution is 0.265. The van der Waals surface area contributed by atoms with Crippen LogP contribution in [0.1, 0.15) is 39.0 Å². The van der Waals surface area contributed by atoms with Crippen LogP contribution in [-0.4, -0.2) is 12.4 Å². The van der Waals surface area contributed by atoms with E-state index in [2.05, 4.69) is 16.9 Å². The van der Waals surface area contributed by atoms with Crippen LogP contribution in [0, 0.1) is 5.41 Å². The topological polar surface area (TPSA) is 24.7 Å². The molecule has 0 spiro atoms. The maximum Gasteiger partial charge on any atom is 0.0557 e. The van der Waals surface area contributed by atoms with Crippen LogP contribution in [0.3, 0.4) is 0 Å². The Balaban J connectivity index is 2.00. The van der Waals surface area contributed by atoms with Gasteiger partial charge in [0.15, 0.2) is 0 Å². The van der Waals surface area contributed by atoms with E-state index in [4.69, 9.17) is 0 Å². The molecule has 0 atom stereocenters. The minimum atomic E-state index is 0.302. The number of allylic oxidation sites excluding steroid dienone is 3. The van der Waals surface area contributed by atoms with Crippen molar-refractivity contribution in [3.8, 4) is 0 Å². The highest BCUT2D eigenvalue weighted by Gasteiger charge is 2.35. The molecule has 0 aromatic rings. The number of fused-ring (bicyclic) bond motifs is 1. The molecule has 1 fully saturated rings. The third-order valence-corrected chi connectivity index (χ3v) is 3.84. The van der Waals surface area contributed by atoms with Gasteiger partial charge in [-0.3, -0.25) is 9.98 Å². The largest absolute Gasteiger partial charge is 0.263 e. The summed E-state index contributed by atoms with van der Waals surface area (Å²) in [5, 5.41) is 0. The van der Waals surface area contributed by atoms with Gasteiger partial charge in [0, 0.05) is 35.2 Å². The summed E-state index contributed by atoms with van der Waals surface area (Å²) in [6.45, 7) is 2.36. The van der Waals surface area contributed by atoms with Crippen molar-refractivity contribution in [3.05, 3.63) is 23.0 Å². The van der Waals surface area contributed by atoms with Gasteiger partial charge in [0.05, 0.1) is 5.70 Å². The molecule has 0 N–H and O–H groups in total. The smallest absolute Gasteiger partial charge is 0.0557 e. The molecule has 2 aliphatic heterocycles. The lowest BCUT2D eigenvalue weighted by Gasteiger charge is -2.33. The van der Waals surface area contributed by atoms with Gasteiger partial charge in [-0.05, 0) is 12.8 Å². The van der Waals surface area contributed by atoms with Gasteiger partial charge in [-0.15, -0.1) is 0 Å². The Morgan fingerprint density at radius 3 is 2.73 bits per heavy atom. The van der Waals surface area contributed by atoms with Crippen LogP contribution in [0.25, 0.3) is 0 Å². The minimum Gasteiger partial charge on any atom is -0.263 e. The molecule has 78 valence electrons. The van der Waals surface area contributed by atoms with Gasteiger partial charge in [-0.1, -0.05) is 26.2 Å². The standard InChI is InChI=1S/C13H16N2/c1-13(5-3-2-4-6-13)12-11-9-14-7-10(11)8-15-12/h7-9H,2-6H2,1H3. The zero-order valence-electron chi connectivity index (χ0n) is 9.16. The van der Waals surface area contributed by atoms with Crippen LogP contribution in [0.5, 0.6) is 0 Å². The molecule has 0 saturated heterocycles. The van der Waals surface area contributed by atoms with Crippen molar-refractivity contribution >= 4 is 12.4 Å². The summed E-state index contributed by atoms with van der Waals surface area (Å²) in [5.74, 6) is 0. The van der Waals surface area contributed by atoms with Gasteiger partial charge in [0.1, 0.15) is 0 Å². The van der Waals surface area contributed by atoms with Gasteiger partial charge in [-0.2, -0.15) is 0 Å². The third kappa shape index (κ3) is 1.31. The highest BCUT2D eigenvalue weighted by atomic mass is 14.8. The first-order chi connectivity index (χ1) is 7.30. The Kier molecular flexibility index (Phi) is 1.91. The number of nitrogens with zero attached hydrogens (tertiary/aromatic N) is 2. The maximum atomic E-state index is 4.61. The van der Waals surface area contributed by atoms with E-state index >= 15 is 0 Å². The first kappa shape index (κ1) is 9.08. The molecule has 0 bridgehead atoms. The van der Waals surface area contributed by atoms with Gasteiger partial charge < -0.3 is 0 Å². The molecule has 0 amide bonds. The molecule has 2 heteroatoms. The molecule has 1 aliphatic carbocycles. The second-order valence-electron chi connectivity index (χ2n) is 5.00. The Morgan fingerprint density at radius 2 is 1.93 bits per heavy atom. The van der Waals surface area contributed by atoms with Gasteiger partial charge >= 0.3 is 0 Å². The van der Waals surface area contributed by atoms with Crippen molar-refractivity contribution in [1.29, 1.82) is 0 Å². The second kappa shape index (κ2) is 3.16. The fourth-order valence-electron chi connectivity index (χ4n) is 2.89. The van der Waals surface area contributed by atoms with E-state index < -0.39 is 0 Å². The Labute approximate surface area is 90.5 Å². The van der Waals surface area contributed by atoms with Gasteiger partial charge in [0.25, 0.3) is 0 Å². The molecule has 1 saturated carbocycles. The molecule has 3 rings (SSSR count). The maximum absolute atomic E-state index is 4.61. The fourth-order valence-corrected chi connectivity index (χ4v) is 2.89. The summed E-state index contributed by atoms with van der Waals surface area (Å²) >= 11 is 0. The normalized spacial score (nSPS) is 27.1. The summed E-state index contributed by atoms with van der Waals surface area (Å²) in [6, 6.07) is 0. The van der Waals surface area contributed by atoms with Gasteiger partial charge in [0.2, 0.25) is 0 Å². The third-order valence-electron chi connectivity index (χ3n) is 3.84. The zero-order valence-corrected chi connectivity index (χ0v) is 9.16. The quantitative estimate of drug-likeness (QED) is 0.620. The average Bonchev–Trinajstić information content (AvgIpc) is 2.78. The van der Waals surface area contributed by atoms with Crippen molar-refractivity contribution in [2.24, 2.45) is 15.4 Å². The molecule has 0 aromatic heterocycles. The lowest BCUT2D eigenvalue weighted by Crippen LogP contribution is -2.22. The van der Waals surface area contributed by atoms with E-state index in [1.54, 1.807) is 0 Å². The van der Waals surface area contributed by atoms with Crippen LogP contribution in [0.15, 0.2) is 33.0 Å². The van der Waals surface area contributed by atoms with Crippen LogP contribution in [0.2, 0.25) is 0 Å². The van der Waals surface area contributed by atoms with E-state index in [1.165, 1.54) is 48.9 Å². The highest BCUT2D eigenvalue weighted by Crippen LogP contribution is 2.46. The molecule has 0 aromatic carbocycles. The van der Waals surface area contributed by atoms with E-state index in [1.807, 2.05) is 18.6 Å². The Morgan fingerprint density at radius 1 is 1.13 bits per heavy atom. The van der Waals surface area contributed by atoms with Crippen molar-refractivity contribution in [2.45, 2.75) is 39.0 Å². The SMILES string of the molecule is CC1(C2=C3C=NC=C3C=N2)CCCCC1. The van der Waals surface area contributed by atoms with Crippen LogP contribution >= 0.6 is 0 Å². The predicted octanol–water partition coefficient (Wildman–Crippen LogP) is 3.26. The Bertz CT molecular complexity index is 404. The van der Waals surface area contributed by atoms with Crippen molar-refractivity contribution in [2.75, 3.05) is 0 Å². The molecule has 0 unspecified atom stereocenters. The van der Waals surface area contributed by atoms with Crippen molar-refractivity contribution < 1.29 is 0 Å². The highest BCUT2D eigenvalue weighted by molar-refractivity contribution is 6.05. The lowest BCUT2D eigenvalue weighted by atomic mass is 9.72. The van der Waals surface area contributed by atoms with Crippen molar-refractivity contribution in [3.63, 3.8) is 0 Å². The zero-order chi connectivity index (χ0) is 10.3. The van der Waals surface area contributed by atoms with Gasteiger partial charge in [-0.25, -0.2) is 0 Å². The first-order valence-corrected chi connectivity index (χ1v) is 5.82. The van der Waals surface area contributed by atoms with E-state index in [0.717, 1.165) is 0 Å². The molecule has 3 aliphatic rings. The first-order valence-electron chi connectivity index (χ1n) is 5.82. The summed E-state index contributed by atoms with van der Waals surface area (Å²) in [5.41, 5.74) is 4.07. The second-order valence-corrected chi connectivity index (χ2v) is 5.00. The number of rotatable bonds is 1. The number of hydrogen-bond donors (Lipinski definition) is 0. The number of aliphatic imine (C=N–C) groups is 2. The van der Waals surface area contributed by atoms with E-state index in [9.17, 15) is 0 Å². The molecule has 15 heavy (non-hydrogen) atoms. The number of hydrogen-bond acceptors (Lipinski definition) is 2. The van der Waals surface area contributed by atoms with E-state index in [0.29, 0.717) is 5.41 Å². The molecule has 2 nitrogen and oxygen atoms in total. The van der Waals surface area contributed by atoms with Crippen LogP contribution < -0.4 is 0 Å². The predicted molar refractivity (Wildman–Crippen MR) is 63.3 cm³/mol. The summed E-state index contributed by atoms with van der Waals surface area (Å²) < 4.78 is 0. The van der Waals surface area contributed by atoms with E-state index in [-0.39, 0.29) is 0 Å². The monoisotopic (exact) mass is 200 g/mol. The summed E-state index contributed by atoms with van der Waals surface area (Å²) in [4.78, 5) is 8.82.